The number of rotatable bonds is 1. The van der Waals surface area contributed by atoms with E-state index >= 15 is 0 Å². The lowest BCUT2D eigenvalue weighted by atomic mass is 9.99. The Morgan fingerprint density at radius 1 is 1.21 bits per heavy atom. The molecule has 1 heterocycles. The highest BCUT2D eigenvalue weighted by atomic mass is 16.3. The summed E-state index contributed by atoms with van der Waals surface area (Å²) in [7, 11) is 0. The van der Waals surface area contributed by atoms with E-state index < -0.39 is 0 Å². The van der Waals surface area contributed by atoms with Crippen LogP contribution in [0.2, 0.25) is 0 Å². The Labute approximate surface area is 81.4 Å². The number of carbonyl (C=O) groups is 1. The van der Waals surface area contributed by atoms with Crippen LogP contribution < -0.4 is 0 Å². The third kappa shape index (κ3) is 1.39. The first-order valence-corrected chi connectivity index (χ1v) is 4.44. The second-order valence-corrected chi connectivity index (χ2v) is 3.44. The molecule has 0 saturated heterocycles. The van der Waals surface area contributed by atoms with Gasteiger partial charge >= 0.3 is 0 Å². The van der Waals surface area contributed by atoms with Gasteiger partial charge in [0.2, 0.25) is 6.41 Å². The van der Waals surface area contributed by atoms with E-state index in [1.807, 2.05) is 0 Å². The second-order valence-electron chi connectivity index (χ2n) is 3.44. The SMILES string of the molecule is O=CN1CCc2cc(O)c(O)cc2C1. The van der Waals surface area contributed by atoms with E-state index in [0.29, 0.717) is 13.1 Å². The lowest BCUT2D eigenvalue weighted by molar-refractivity contribution is -0.118. The van der Waals surface area contributed by atoms with Crippen LogP contribution >= 0.6 is 0 Å². The van der Waals surface area contributed by atoms with Gasteiger partial charge in [-0.3, -0.25) is 4.79 Å². The van der Waals surface area contributed by atoms with Gasteiger partial charge in [-0.05, 0) is 29.7 Å². The lowest BCUT2D eigenvalue weighted by Gasteiger charge is -2.25. The van der Waals surface area contributed by atoms with Crippen LogP contribution in [0.4, 0.5) is 0 Å². The molecule has 14 heavy (non-hydrogen) atoms. The molecule has 74 valence electrons. The molecule has 4 nitrogen and oxygen atoms in total. The molecule has 0 atom stereocenters. The van der Waals surface area contributed by atoms with Crippen molar-refractivity contribution in [3.05, 3.63) is 23.3 Å². The van der Waals surface area contributed by atoms with Gasteiger partial charge in [-0.1, -0.05) is 0 Å². The Hall–Kier alpha value is -1.71. The lowest BCUT2D eigenvalue weighted by Crippen LogP contribution is -2.28. The summed E-state index contributed by atoms with van der Waals surface area (Å²) in [5.74, 6) is -0.222. The van der Waals surface area contributed by atoms with Crippen molar-refractivity contribution in [1.29, 1.82) is 0 Å². The van der Waals surface area contributed by atoms with Gasteiger partial charge in [0.05, 0.1) is 0 Å². The van der Waals surface area contributed by atoms with Gasteiger partial charge in [-0.2, -0.15) is 0 Å². The molecule has 0 unspecified atom stereocenters. The summed E-state index contributed by atoms with van der Waals surface area (Å²) < 4.78 is 0. The van der Waals surface area contributed by atoms with Gasteiger partial charge in [0.25, 0.3) is 0 Å². The highest BCUT2D eigenvalue weighted by molar-refractivity contribution is 5.52. The van der Waals surface area contributed by atoms with Gasteiger partial charge in [0, 0.05) is 13.1 Å². The Balaban J connectivity index is 2.38. The number of nitrogens with zero attached hydrogens (tertiary/aromatic N) is 1. The predicted molar refractivity (Wildman–Crippen MR) is 49.9 cm³/mol. The monoisotopic (exact) mass is 193 g/mol. The molecule has 0 fully saturated rings. The summed E-state index contributed by atoms with van der Waals surface area (Å²) in [5, 5.41) is 18.5. The number of carbonyl (C=O) groups excluding carboxylic acids is 1. The molecule has 0 aliphatic carbocycles. The van der Waals surface area contributed by atoms with E-state index in [-0.39, 0.29) is 11.5 Å². The average molecular weight is 193 g/mol. The molecule has 0 aromatic heterocycles. The molecule has 2 N–H and O–H groups in total. The fourth-order valence-corrected chi connectivity index (χ4v) is 1.70. The molecular formula is C10H11NO3. The zero-order valence-electron chi connectivity index (χ0n) is 7.60. The third-order valence-corrected chi connectivity index (χ3v) is 2.49. The van der Waals surface area contributed by atoms with Crippen LogP contribution in [0.25, 0.3) is 0 Å². The molecule has 2 rings (SSSR count). The van der Waals surface area contributed by atoms with Crippen molar-refractivity contribution in [2.24, 2.45) is 0 Å². The summed E-state index contributed by atoms with van der Waals surface area (Å²) >= 11 is 0. The molecule has 4 heteroatoms. The minimum atomic E-state index is -0.128. The van der Waals surface area contributed by atoms with Crippen LogP contribution in [0, 0.1) is 0 Å². The van der Waals surface area contributed by atoms with Crippen molar-refractivity contribution in [3.8, 4) is 11.5 Å². The van der Waals surface area contributed by atoms with E-state index in [1.165, 1.54) is 6.07 Å². The van der Waals surface area contributed by atoms with Crippen LogP contribution in [-0.4, -0.2) is 28.1 Å². The first kappa shape index (κ1) is 8.87. The van der Waals surface area contributed by atoms with Crippen molar-refractivity contribution in [2.45, 2.75) is 13.0 Å². The first-order valence-electron chi connectivity index (χ1n) is 4.44. The largest absolute Gasteiger partial charge is 0.504 e. The fourth-order valence-electron chi connectivity index (χ4n) is 1.70. The van der Waals surface area contributed by atoms with Gasteiger partial charge in [0.15, 0.2) is 11.5 Å². The number of benzene rings is 1. The van der Waals surface area contributed by atoms with E-state index in [4.69, 9.17) is 0 Å². The molecule has 1 amide bonds. The van der Waals surface area contributed by atoms with Gasteiger partial charge in [-0.15, -0.1) is 0 Å². The molecule has 0 radical (unpaired) electrons. The summed E-state index contributed by atoms with van der Waals surface area (Å²) in [6, 6.07) is 3.08. The molecule has 0 bridgehead atoms. The molecule has 1 aliphatic rings. The van der Waals surface area contributed by atoms with E-state index in [2.05, 4.69) is 0 Å². The quantitative estimate of drug-likeness (QED) is 0.507. The smallest absolute Gasteiger partial charge is 0.210 e. The summed E-state index contributed by atoms with van der Waals surface area (Å²) in [6.45, 7) is 1.17. The maximum atomic E-state index is 10.5. The number of amides is 1. The Kier molecular flexibility index (Phi) is 2.04. The third-order valence-electron chi connectivity index (χ3n) is 2.49. The van der Waals surface area contributed by atoms with Crippen molar-refractivity contribution in [1.82, 2.24) is 4.90 Å². The Bertz CT molecular complexity index is 376. The fraction of sp³-hybridized carbons (Fsp3) is 0.300. The number of hydrogen-bond acceptors (Lipinski definition) is 3. The van der Waals surface area contributed by atoms with Crippen LogP contribution in [0.5, 0.6) is 11.5 Å². The normalized spacial score (nSPS) is 15.0. The highest BCUT2D eigenvalue weighted by Gasteiger charge is 2.16. The molecular weight excluding hydrogens is 182 g/mol. The first-order chi connectivity index (χ1) is 6.70. The number of phenols is 2. The standard InChI is InChI=1S/C10H11NO3/c12-6-11-2-1-7-3-9(13)10(14)4-8(7)5-11/h3-4,6,13-14H,1-2,5H2. The van der Waals surface area contributed by atoms with Gasteiger partial charge in [-0.25, -0.2) is 0 Å². The molecule has 1 aromatic rings. The summed E-state index contributed by atoms with van der Waals surface area (Å²) in [4.78, 5) is 12.2. The highest BCUT2D eigenvalue weighted by Crippen LogP contribution is 2.30. The van der Waals surface area contributed by atoms with E-state index in [9.17, 15) is 15.0 Å². The van der Waals surface area contributed by atoms with Gasteiger partial charge < -0.3 is 15.1 Å². The second kappa shape index (κ2) is 3.21. The molecule has 1 aromatic carbocycles. The Morgan fingerprint density at radius 2 is 1.86 bits per heavy atom. The van der Waals surface area contributed by atoms with Crippen LogP contribution in [0.1, 0.15) is 11.1 Å². The number of aromatic hydroxyl groups is 2. The van der Waals surface area contributed by atoms with E-state index in [0.717, 1.165) is 24.0 Å². The van der Waals surface area contributed by atoms with Gasteiger partial charge in [0.1, 0.15) is 0 Å². The van der Waals surface area contributed by atoms with Crippen molar-refractivity contribution < 1.29 is 15.0 Å². The summed E-state index contributed by atoms with van der Waals surface area (Å²) in [6.07, 6.45) is 1.52. The Morgan fingerprint density at radius 3 is 2.50 bits per heavy atom. The molecule has 0 saturated carbocycles. The minimum absolute atomic E-state index is 0.0942. The van der Waals surface area contributed by atoms with Crippen molar-refractivity contribution >= 4 is 6.41 Å². The molecule has 0 spiro atoms. The minimum Gasteiger partial charge on any atom is -0.504 e. The van der Waals surface area contributed by atoms with Crippen LogP contribution in [0.15, 0.2) is 12.1 Å². The predicted octanol–water partition coefficient (Wildman–Crippen LogP) is 0.612. The maximum absolute atomic E-state index is 10.5. The number of fused-ring (bicyclic) bond motifs is 1. The maximum Gasteiger partial charge on any atom is 0.210 e. The number of hydrogen-bond donors (Lipinski definition) is 2. The van der Waals surface area contributed by atoms with Crippen molar-refractivity contribution in [2.75, 3.05) is 6.54 Å². The topological polar surface area (TPSA) is 60.8 Å². The van der Waals surface area contributed by atoms with Crippen molar-refractivity contribution in [3.63, 3.8) is 0 Å². The average Bonchev–Trinajstić information content (AvgIpc) is 2.19. The number of phenolic OH excluding ortho intramolecular Hbond substituents is 2. The summed E-state index contributed by atoms with van der Waals surface area (Å²) in [5.41, 5.74) is 1.90. The zero-order valence-corrected chi connectivity index (χ0v) is 7.60. The van der Waals surface area contributed by atoms with Crippen LogP contribution in [0.3, 0.4) is 0 Å². The zero-order chi connectivity index (χ0) is 10.1. The molecule has 1 aliphatic heterocycles. The van der Waals surface area contributed by atoms with E-state index in [1.54, 1.807) is 11.0 Å². The van der Waals surface area contributed by atoms with Crippen LogP contribution in [-0.2, 0) is 17.8 Å².